The van der Waals surface area contributed by atoms with Crippen LogP contribution in [0.5, 0.6) is 34.5 Å². The van der Waals surface area contributed by atoms with Gasteiger partial charge in [-0.15, -0.1) is 0 Å². The van der Waals surface area contributed by atoms with Crippen LogP contribution in [0.2, 0.25) is 75.5 Å². The molecule has 2 fully saturated rings. The zero-order valence-corrected chi connectivity index (χ0v) is 83.0. The molecule has 2 aliphatic rings. The molecule has 10 rings (SSSR count). The quantitative estimate of drug-likeness (QED) is 0.0108. The average molecular weight is 1780 g/mol. The van der Waals surface area contributed by atoms with E-state index in [0.717, 1.165) is 55.0 Å². The minimum Gasteiger partial charge on any atom is -0.668 e. The van der Waals surface area contributed by atoms with Crippen molar-refractivity contribution in [1.82, 2.24) is 29.4 Å². The Morgan fingerprint density at radius 2 is 0.829 bits per heavy atom. The van der Waals surface area contributed by atoms with E-state index in [1.54, 1.807) is 48.3 Å². The molecule has 25 nitrogen and oxygen atoms in total. The number of nitrogens with two attached hydrogens (primary N) is 2. The number of hydrogen-bond acceptors (Lipinski definition) is 20. The number of carbonyl (C=O) groups excluding carboxylic acids is 4. The summed E-state index contributed by atoms with van der Waals surface area (Å²) in [7, 11) is -3.40. The van der Waals surface area contributed by atoms with Gasteiger partial charge in [0.05, 0.1) is 28.4 Å². The maximum atomic E-state index is 13.2. The van der Waals surface area contributed by atoms with Crippen LogP contribution in [0.25, 0.3) is 27.2 Å². The fraction of sp³-hybridized carbons (Fsp3) is 0.500. The minimum absolute atomic E-state index is 0. The number of hydrogen-bond donors (Lipinski definition) is 3. The van der Waals surface area contributed by atoms with Gasteiger partial charge in [0, 0.05) is 73.0 Å². The van der Waals surface area contributed by atoms with Gasteiger partial charge in [-0.2, -0.15) is 0 Å². The topological polar surface area (TPSA) is 306 Å². The smallest absolute Gasteiger partial charge is 0.668 e. The third-order valence-electron chi connectivity index (χ3n) is 21.9. The Bertz CT molecular complexity index is 4630. The van der Waals surface area contributed by atoms with Crippen LogP contribution in [0, 0.1) is 11.8 Å². The van der Waals surface area contributed by atoms with Crippen LogP contribution in [-0.4, -0.2) is 166 Å². The van der Waals surface area contributed by atoms with Gasteiger partial charge < -0.3 is 72.0 Å². The van der Waals surface area contributed by atoms with Gasteiger partial charge in [-0.05, 0) is 249 Å². The molecule has 2 aromatic heterocycles. The molecule has 2 aliphatic heterocycles. The summed E-state index contributed by atoms with van der Waals surface area (Å²) in [6, 6.07) is 47.5. The van der Waals surface area contributed by atoms with Crippen molar-refractivity contribution >= 4 is 75.2 Å². The van der Waals surface area contributed by atoms with Crippen LogP contribution in [0.4, 0.5) is 9.59 Å². The minimum atomic E-state index is -3.13. The number of rotatable bonds is 27. The number of nitrogens with one attached hydrogen (secondary N) is 1. The van der Waals surface area contributed by atoms with Crippen LogP contribution in [0.3, 0.4) is 0 Å². The van der Waals surface area contributed by atoms with Crippen molar-refractivity contribution in [3.63, 3.8) is 0 Å². The standard InChI is InChI=1S/C37H54N4O7Si.C37H53N3O7Si.C12H12NO2P.C6H18NSi2.Li/c1-36(2,3)48-35(43)40-22-19-25(20-23-40)30(21-24-46-49(9,10)37(4,5)6)33-39-31(32(41(33)38)34(42)45-8)26-11-13-28(14-12-26)47-29-17-15-27(44-7)16-18-29;1-36(2,3)47-35(42)40-22-19-25(20-23-40)30(21-24-45-48(9,10)37(4,5)6)33-38-31(32(39-33)34(41)44-8)26-11-13-28(14-12-26)46-29-17-15-27(43-7)16-18-29;13-15-16(14,11-7-3-1-4-8-11)12-9-5-2-6-10-12;1-8(2,3)7-9(4,5)6;/h11-18,25,30H,19-24,38H2,1-10H3;11-18,25,30H,19-24H2,1-10H3,(H,38,39);1-10H,13H2;1-6H3;/q;;;-1;+1. The van der Waals surface area contributed by atoms with Gasteiger partial charge in [0.1, 0.15) is 68.7 Å². The number of aromatic amines is 1. The number of H-pyrrole nitrogens is 1. The van der Waals surface area contributed by atoms with Crippen molar-refractivity contribution in [1.29, 1.82) is 0 Å². The van der Waals surface area contributed by atoms with Crippen molar-refractivity contribution in [2.75, 3.05) is 73.7 Å². The van der Waals surface area contributed by atoms with Crippen LogP contribution < -0.4 is 60.2 Å². The summed E-state index contributed by atoms with van der Waals surface area (Å²) in [5, 5.41) is 1.34. The molecule has 8 aromatic rings. The summed E-state index contributed by atoms with van der Waals surface area (Å²) in [6.45, 7) is 50.8. The number of imidazole rings is 2. The molecule has 31 heteroatoms. The molecule has 0 spiro atoms. The number of likely N-dealkylation sites (tertiary alicyclic amines) is 2. The number of nitrogens with zero attached hydrogens (tertiary/aromatic N) is 6. The Labute approximate surface area is 747 Å². The number of carbonyl (C=O) groups is 4. The maximum absolute atomic E-state index is 13.2. The molecule has 4 heterocycles. The van der Waals surface area contributed by atoms with Crippen LogP contribution in [-0.2, 0) is 37.0 Å². The predicted molar refractivity (Wildman–Crippen MR) is 498 cm³/mol. The van der Waals surface area contributed by atoms with E-state index in [4.69, 9.17) is 77.7 Å². The first-order valence-electron chi connectivity index (χ1n) is 42.0. The normalized spacial score (nSPS) is 14.4. The maximum Gasteiger partial charge on any atom is 1.00 e. The molecule has 2 amide bonds. The first-order chi connectivity index (χ1) is 56.9. The van der Waals surface area contributed by atoms with Crippen molar-refractivity contribution in [3.8, 4) is 57.0 Å². The van der Waals surface area contributed by atoms with E-state index in [9.17, 15) is 23.7 Å². The summed E-state index contributed by atoms with van der Waals surface area (Å²) in [5.41, 5.74) is 1.77. The fourth-order valence-corrected chi connectivity index (χ4v) is 25.6. The molecule has 2 saturated heterocycles. The Kier molecular flexibility index (Phi) is 37.6. The fourth-order valence-electron chi connectivity index (χ4n) is 13.8. The first kappa shape index (κ1) is 104. The van der Waals surface area contributed by atoms with E-state index in [1.165, 1.54) is 18.9 Å². The van der Waals surface area contributed by atoms with Gasteiger partial charge in [-0.1, -0.05) is 134 Å². The van der Waals surface area contributed by atoms with Crippen molar-refractivity contribution in [2.24, 2.45) is 17.7 Å². The Hall–Kier alpha value is -8.29. The van der Waals surface area contributed by atoms with Crippen LogP contribution in [0.1, 0.15) is 166 Å². The van der Waals surface area contributed by atoms with Crippen molar-refractivity contribution in [2.45, 2.75) is 220 Å². The van der Waals surface area contributed by atoms with Crippen molar-refractivity contribution in [3.05, 3.63) is 185 Å². The Morgan fingerprint density at radius 1 is 0.488 bits per heavy atom. The SMILES string of the molecule is COC(=O)c1[nH]c(C(CCO[Si](C)(C)C(C)(C)C)C2CCN(C(=O)OC(C)(C)C)CC2)nc1-c1ccc(Oc2ccc(OC)cc2)cc1.COC(=O)c1c(-c2ccc(Oc3ccc(OC)cc3)cc2)nc(C(CCO[Si](C)(C)C(C)(C)C)C2CCN(C(=O)OC(C)(C)C)CC2)n1N.C[Si](C)(C)[N-][Si](C)(C)C.NOP(=O)(c1ccccc1)c1ccccc1.[Li+]. The van der Waals surface area contributed by atoms with E-state index in [2.05, 4.69) is 112 Å². The number of nitrogen functional groups attached to an aromatic ring is 1. The molecule has 2 unspecified atom stereocenters. The van der Waals surface area contributed by atoms with Gasteiger partial charge >= 0.3 is 43.0 Å². The van der Waals surface area contributed by atoms with Gasteiger partial charge in [-0.25, -0.2) is 44.3 Å². The zero-order valence-electron chi connectivity index (χ0n) is 78.1. The van der Waals surface area contributed by atoms with Gasteiger partial charge in [0.25, 0.3) is 7.37 Å². The number of benzene rings is 6. The zero-order chi connectivity index (χ0) is 90.6. The summed E-state index contributed by atoms with van der Waals surface area (Å²) in [5.74, 6) is 16.5. The van der Waals surface area contributed by atoms with E-state index >= 15 is 0 Å². The first-order valence-corrected chi connectivity index (χ1v) is 56.3. The largest absolute Gasteiger partial charge is 1.00 e. The second-order valence-electron chi connectivity index (χ2n) is 37.9. The molecule has 668 valence electrons. The number of ether oxygens (including phenoxy) is 8. The summed E-state index contributed by atoms with van der Waals surface area (Å²) >= 11 is 0. The Balaban J connectivity index is 0.000000295. The average Bonchev–Trinajstić information content (AvgIpc) is 1.63. The van der Waals surface area contributed by atoms with Gasteiger partial charge in [0.15, 0.2) is 28.0 Å². The van der Waals surface area contributed by atoms with E-state index in [-0.39, 0.29) is 70.5 Å². The van der Waals surface area contributed by atoms with E-state index in [1.807, 2.05) is 175 Å². The summed E-state index contributed by atoms with van der Waals surface area (Å²) in [6.07, 6.45) is 3.83. The second-order valence-corrected chi connectivity index (χ2v) is 59.4. The molecule has 0 bridgehead atoms. The van der Waals surface area contributed by atoms with Crippen LogP contribution >= 0.6 is 7.37 Å². The molecule has 2 atom stereocenters. The number of aromatic nitrogens is 4. The third-order valence-corrected chi connectivity index (χ3v) is 38.6. The molecule has 6 aromatic carbocycles. The predicted octanol–water partition coefficient (Wildman–Crippen LogP) is 18.6. The monoisotopic (exact) mass is 1770 g/mol. The van der Waals surface area contributed by atoms with Gasteiger partial charge in [0.2, 0.25) is 0 Å². The summed E-state index contributed by atoms with van der Waals surface area (Å²) < 4.78 is 81.0. The third kappa shape index (κ3) is 30.8. The number of amides is 2. The van der Waals surface area contributed by atoms with E-state index < -0.39 is 63.6 Å². The van der Waals surface area contributed by atoms with E-state index in [0.29, 0.717) is 108 Å². The second kappa shape index (κ2) is 44.7. The molecular formula is C92H137LiN9O16PSi4. The number of esters is 2. The number of methoxy groups -OCH3 is 4. The number of piperidine rings is 2. The van der Waals surface area contributed by atoms with Gasteiger partial charge in [-0.3, -0.25) is 4.57 Å². The molecule has 0 aliphatic carbocycles. The summed E-state index contributed by atoms with van der Waals surface area (Å²) in [4.78, 5) is 69.0. The molecule has 5 N–H and O–H groups in total. The molecule has 123 heavy (non-hydrogen) atoms. The Morgan fingerprint density at radius 3 is 1.15 bits per heavy atom. The van der Waals surface area contributed by atoms with Crippen molar-refractivity contribution < 1.29 is 94.0 Å². The van der Waals surface area contributed by atoms with Crippen LogP contribution in [0.15, 0.2) is 158 Å². The molecule has 0 saturated carbocycles. The molecule has 0 radical (unpaired) electrons. The molecular weight excluding hydrogens is 1640 g/mol.